The minimum Gasteiger partial charge on any atom is -0.465 e. The zero-order chi connectivity index (χ0) is 11.7. The second kappa shape index (κ2) is 3.90. The van der Waals surface area contributed by atoms with E-state index in [1.54, 1.807) is 12.1 Å². The molecular weight excluding hydrogens is 228 g/mol. The molecule has 2 rings (SSSR count). The van der Waals surface area contributed by atoms with E-state index in [0.29, 0.717) is 5.76 Å². The molecular formula is C10H8N2O3S. The van der Waals surface area contributed by atoms with Crippen molar-refractivity contribution < 1.29 is 14.0 Å². The van der Waals surface area contributed by atoms with E-state index < -0.39 is 11.8 Å². The maximum Gasteiger partial charge on any atom is 0.265 e. The number of nitrogens with one attached hydrogen (secondary N) is 1. The summed E-state index contributed by atoms with van der Waals surface area (Å²) in [6.45, 7) is 0. The van der Waals surface area contributed by atoms with Crippen molar-refractivity contribution in [2.45, 2.75) is 0 Å². The molecule has 5 nitrogen and oxygen atoms in total. The standard InChI is InChI=1S/C10H8N2O3S/c1-12-9(14)7(8(13)11-10(12)16)5-6-3-2-4-15-6/h2-5H,1H3,(H,11,13,16)/b7-5-. The lowest BCUT2D eigenvalue weighted by Gasteiger charge is -2.24. The molecule has 0 spiro atoms. The van der Waals surface area contributed by atoms with Gasteiger partial charge in [-0.3, -0.25) is 19.8 Å². The second-order valence-corrected chi connectivity index (χ2v) is 3.58. The molecule has 1 aliphatic rings. The number of furan rings is 1. The molecule has 1 saturated heterocycles. The number of thiocarbonyl (C=S) groups is 1. The number of nitrogens with zero attached hydrogens (tertiary/aromatic N) is 1. The van der Waals surface area contributed by atoms with Gasteiger partial charge in [0.25, 0.3) is 11.8 Å². The molecule has 0 radical (unpaired) electrons. The third-order valence-electron chi connectivity index (χ3n) is 2.13. The Morgan fingerprint density at radius 2 is 2.25 bits per heavy atom. The molecule has 0 aliphatic carbocycles. The molecule has 1 fully saturated rings. The number of amides is 2. The van der Waals surface area contributed by atoms with Crippen LogP contribution in [0, 0.1) is 0 Å². The molecule has 0 saturated carbocycles. The Hall–Kier alpha value is -1.95. The number of carbonyl (C=O) groups is 2. The molecule has 2 amide bonds. The number of hydrogen-bond donors (Lipinski definition) is 1. The third kappa shape index (κ3) is 1.74. The highest BCUT2D eigenvalue weighted by molar-refractivity contribution is 7.80. The summed E-state index contributed by atoms with van der Waals surface area (Å²) in [5, 5.41) is 2.51. The summed E-state index contributed by atoms with van der Waals surface area (Å²) in [5.41, 5.74) is 0.00560. The molecule has 1 N–H and O–H groups in total. The fraction of sp³-hybridized carbons (Fsp3) is 0.100. The van der Waals surface area contributed by atoms with E-state index in [-0.39, 0.29) is 10.7 Å². The van der Waals surface area contributed by atoms with E-state index in [4.69, 9.17) is 16.6 Å². The Morgan fingerprint density at radius 3 is 2.88 bits per heavy atom. The van der Waals surface area contributed by atoms with E-state index in [9.17, 15) is 9.59 Å². The summed E-state index contributed by atoms with van der Waals surface area (Å²) in [4.78, 5) is 24.5. The van der Waals surface area contributed by atoms with Gasteiger partial charge in [0.2, 0.25) is 0 Å². The third-order valence-corrected chi connectivity index (χ3v) is 2.51. The monoisotopic (exact) mass is 236 g/mol. The smallest absolute Gasteiger partial charge is 0.265 e. The maximum absolute atomic E-state index is 11.7. The van der Waals surface area contributed by atoms with Gasteiger partial charge in [-0.2, -0.15) is 0 Å². The topological polar surface area (TPSA) is 62.6 Å². The molecule has 6 heteroatoms. The predicted molar refractivity (Wildman–Crippen MR) is 60.2 cm³/mol. The van der Waals surface area contributed by atoms with Crippen LogP contribution in [0.1, 0.15) is 5.76 Å². The first kappa shape index (κ1) is 10.6. The largest absolute Gasteiger partial charge is 0.465 e. The second-order valence-electron chi connectivity index (χ2n) is 3.20. The number of carbonyl (C=O) groups excluding carboxylic acids is 2. The first-order valence-corrected chi connectivity index (χ1v) is 4.89. The summed E-state index contributed by atoms with van der Waals surface area (Å²) in [6.07, 6.45) is 2.85. The normalized spacial score (nSPS) is 19.2. The van der Waals surface area contributed by atoms with Crippen molar-refractivity contribution in [2.75, 3.05) is 7.05 Å². The van der Waals surface area contributed by atoms with Crippen LogP contribution in [0.5, 0.6) is 0 Å². The quantitative estimate of drug-likeness (QED) is 0.439. The van der Waals surface area contributed by atoms with Crippen molar-refractivity contribution in [1.29, 1.82) is 0 Å². The fourth-order valence-electron chi connectivity index (χ4n) is 1.26. The summed E-state index contributed by atoms with van der Waals surface area (Å²) < 4.78 is 5.04. The van der Waals surface area contributed by atoms with Gasteiger partial charge in [0.05, 0.1) is 6.26 Å². The predicted octanol–water partition coefficient (Wildman–Crippen LogP) is 0.536. The van der Waals surface area contributed by atoms with Crippen molar-refractivity contribution >= 4 is 35.2 Å². The van der Waals surface area contributed by atoms with Gasteiger partial charge in [0, 0.05) is 7.05 Å². The number of likely N-dealkylation sites (N-methyl/N-ethyl adjacent to an activating group) is 1. The highest BCUT2D eigenvalue weighted by Crippen LogP contribution is 2.13. The zero-order valence-electron chi connectivity index (χ0n) is 8.39. The molecule has 1 aliphatic heterocycles. The summed E-state index contributed by atoms with van der Waals surface area (Å²) in [7, 11) is 1.50. The Bertz CT molecular complexity index is 490. The first-order chi connectivity index (χ1) is 7.59. The minimum atomic E-state index is -0.510. The molecule has 0 bridgehead atoms. The average molecular weight is 236 g/mol. The zero-order valence-corrected chi connectivity index (χ0v) is 9.21. The maximum atomic E-state index is 11.7. The molecule has 2 heterocycles. The van der Waals surface area contributed by atoms with E-state index in [0.717, 1.165) is 0 Å². The van der Waals surface area contributed by atoms with E-state index in [2.05, 4.69) is 5.32 Å². The van der Waals surface area contributed by atoms with Crippen molar-refractivity contribution in [1.82, 2.24) is 10.2 Å². The lowest BCUT2D eigenvalue weighted by Crippen LogP contribution is -2.52. The van der Waals surface area contributed by atoms with Gasteiger partial charge >= 0.3 is 0 Å². The lowest BCUT2D eigenvalue weighted by atomic mass is 10.1. The highest BCUT2D eigenvalue weighted by atomic mass is 32.1. The summed E-state index contributed by atoms with van der Waals surface area (Å²) >= 11 is 4.81. The van der Waals surface area contributed by atoms with Gasteiger partial charge in [-0.15, -0.1) is 0 Å². The van der Waals surface area contributed by atoms with Gasteiger partial charge in [-0.1, -0.05) is 0 Å². The Kier molecular flexibility index (Phi) is 2.57. The van der Waals surface area contributed by atoms with Crippen LogP contribution in [-0.4, -0.2) is 28.9 Å². The van der Waals surface area contributed by atoms with E-state index in [1.807, 2.05) is 0 Å². The molecule has 0 aromatic carbocycles. The van der Waals surface area contributed by atoms with Gasteiger partial charge in [0.1, 0.15) is 11.3 Å². The van der Waals surface area contributed by atoms with Crippen LogP contribution >= 0.6 is 12.2 Å². The van der Waals surface area contributed by atoms with Crippen LogP contribution in [0.2, 0.25) is 0 Å². The molecule has 0 atom stereocenters. The number of hydrogen-bond acceptors (Lipinski definition) is 4. The highest BCUT2D eigenvalue weighted by Gasteiger charge is 2.30. The molecule has 1 aromatic rings. The van der Waals surface area contributed by atoms with Crippen molar-refractivity contribution in [3.63, 3.8) is 0 Å². The van der Waals surface area contributed by atoms with E-state index >= 15 is 0 Å². The first-order valence-electron chi connectivity index (χ1n) is 4.48. The van der Waals surface area contributed by atoms with Crippen molar-refractivity contribution in [3.8, 4) is 0 Å². The van der Waals surface area contributed by atoms with Crippen LogP contribution < -0.4 is 5.32 Å². The SMILES string of the molecule is CN1C(=O)/C(=C\c2ccco2)C(=O)NC1=S. The Morgan fingerprint density at radius 1 is 1.50 bits per heavy atom. The molecule has 0 unspecified atom stereocenters. The summed E-state index contributed by atoms with van der Waals surface area (Å²) in [5.74, 6) is -0.505. The number of rotatable bonds is 1. The van der Waals surface area contributed by atoms with Crippen LogP contribution in [0.25, 0.3) is 6.08 Å². The molecule has 16 heavy (non-hydrogen) atoms. The van der Waals surface area contributed by atoms with Crippen molar-refractivity contribution in [3.05, 3.63) is 29.7 Å². The van der Waals surface area contributed by atoms with Crippen LogP contribution in [0.3, 0.4) is 0 Å². The van der Waals surface area contributed by atoms with Gasteiger partial charge in [-0.05, 0) is 30.4 Å². The van der Waals surface area contributed by atoms with Crippen LogP contribution in [-0.2, 0) is 9.59 Å². The van der Waals surface area contributed by atoms with Gasteiger partial charge in [-0.25, -0.2) is 0 Å². The average Bonchev–Trinajstić information content (AvgIpc) is 2.74. The van der Waals surface area contributed by atoms with E-state index in [1.165, 1.54) is 24.3 Å². The van der Waals surface area contributed by atoms with Gasteiger partial charge in [0.15, 0.2) is 5.11 Å². The summed E-state index contributed by atoms with van der Waals surface area (Å²) in [6, 6.07) is 3.33. The van der Waals surface area contributed by atoms with Crippen LogP contribution in [0.15, 0.2) is 28.4 Å². The van der Waals surface area contributed by atoms with Crippen LogP contribution in [0.4, 0.5) is 0 Å². The minimum absolute atomic E-state index is 0.00560. The van der Waals surface area contributed by atoms with Crippen molar-refractivity contribution in [2.24, 2.45) is 0 Å². The Balaban J connectivity index is 2.37. The van der Waals surface area contributed by atoms with Gasteiger partial charge < -0.3 is 4.42 Å². The Labute approximate surface area is 96.7 Å². The molecule has 1 aromatic heterocycles. The molecule has 82 valence electrons. The lowest BCUT2D eigenvalue weighted by molar-refractivity contribution is -0.128. The fourth-order valence-corrected chi connectivity index (χ4v) is 1.44.